The first kappa shape index (κ1) is 15.3. The van der Waals surface area contributed by atoms with Crippen molar-refractivity contribution in [3.63, 3.8) is 0 Å². The third-order valence-corrected chi connectivity index (χ3v) is 5.52. The van der Waals surface area contributed by atoms with Crippen LogP contribution in [0.1, 0.15) is 16.7 Å². The van der Waals surface area contributed by atoms with Crippen molar-refractivity contribution in [1.29, 1.82) is 0 Å². The molecule has 1 aliphatic heterocycles. The van der Waals surface area contributed by atoms with E-state index in [1.165, 1.54) is 15.3 Å². The van der Waals surface area contributed by atoms with Crippen LogP contribution in [0.4, 0.5) is 0 Å². The summed E-state index contributed by atoms with van der Waals surface area (Å²) < 4.78 is 26.4. The highest BCUT2D eigenvalue weighted by atomic mass is 35.5. The molecule has 0 saturated carbocycles. The van der Waals surface area contributed by atoms with E-state index in [0.717, 1.165) is 17.5 Å². The number of hydrogen-bond acceptors (Lipinski definition) is 2. The third kappa shape index (κ3) is 3.40. The zero-order chi connectivity index (χ0) is 15.6. The fourth-order valence-corrected chi connectivity index (χ4v) is 3.80. The molecular formula is C17H16ClNO2S. The fraction of sp³-hybridized carbons (Fsp3) is 0.176. The van der Waals surface area contributed by atoms with Gasteiger partial charge in [-0.1, -0.05) is 48.0 Å². The van der Waals surface area contributed by atoms with Crippen LogP contribution < -0.4 is 0 Å². The van der Waals surface area contributed by atoms with Gasteiger partial charge in [0.2, 0.25) is 10.0 Å². The molecule has 0 unspecified atom stereocenters. The van der Waals surface area contributed by atoms with Crippen LogP contribution >= 0.6 is 11.6 Å². The summed E-state index contributed by atoms with van der Waals surface area (Å²) in [5, 5.41) is 1.90. The van der Waals surface area contributed by atoms with Gasteiger partial charge in [0.05, 0.1) is 0 Å². The standard InChI is InChI=1S/C17H16ClNO2S/c18-17-7-5-14(6-8-17)10-12-22(20,21)19-11-9-15-3-1-2-4-16(15)13-19/h1-8,10,12H,9,11,13H2/b12-10+. The minimum absolute atomic E-state index is 0.434. The van der Waals surface area contributed by atoms with Crippen molar-refractivity contribution in [3.8, 4) is 0 Å². The monoisotopic (exact) mass is 333 g/mol. The highest BCUT2D eigenvalue weighted by Crippen LogP contribution is 2.22. The summed E-state index contributed by atoms with van der Waals surface area (Å²) in [6.45, 7) is 0.952. The van der Waals surface area contributed by atoms with Crippen molar-refractivity contribution in [1.82, 2.24) is 4.31 Å². The summed E-state index contributed by atoms with van der Waals surface area (Å²) in [4.78, 5) is 0. The van der Waals surface area contributed by atoms with Gasteiger partial charge in [-0.2, -0.15) is 4.31 Å². The van der Waals surface area contributed by atoms with Gasteiger partial charge >= 0.3 is 0 Å². The molecular weight excluding hydrogens is 318 g/mol. The zero-order valence-electron chi connectivity index (χ0n) is 11.9. The van der Waals surface area contributed by atoms with Gasteiger partial charge < -0.3 is 0 Å². The molecule has 0 spiro atoms. The molecule has 1 aliphatic rings. The maximum atomic E-state index is 12.4. The van der Waals surface area contributed by atoms with Gasteiger partial charge in [0.1, 0.15) is 0 Å². The Morgan fingerprint density at radius 1 is 1.00 bits per heavy atom. The maximum Gasteiger partial charge on any atom is 0.236 e. The molecule has 1 heterocycles. The maximum absolute atomic E-state index is 12.4. The van der Waals surface area contributed by atoms with Gasteiger partial charge in [-0.05, 0) is 41.3 Å². The molecule has 3 rings (SSSR count). The molecule has 2 aromatic carbocycles. The first-order valence-electron chi connectivity index (χ1n) is 7.05. The lowest BCUT2D eigenvalue weighted by Gasteiger charge is -2.26. The van der Waals surface area contributed by atoms with E-state index in [1.807, 2.05) is 18.2 Å². The molecule has 0 bridgehead atoms. The number of rotatable bonds is 3. The highest BCUT2D eigenvalue weighted by molar-refractivity contribution is 7.92. The van der Waals surface area contributed by atoms with Crippen molar-refractivity contribution >= 4 is 27.7 Å². The molecule has 0 N–H and O–H groups in total. The fourth-order valence-electron chi connectivity index (χ4n) is 2.51. The molecule has 0 amide bonds. The molecule has 0 aromatic heterocycles. The summed E-state index contributed by atoms with van der Waals surface area (Å²) in [7, 11) is -3.41. The molecule has 5 heteroatoms. The van der Waals surface area contributed by atoms with Crippen molar-refractivity contribution < 1.29 is 8.42 Å². The predicted molar refractivity (Wildman–Crippen MR) is 90.0 cm³/mol. The minimum atomic E-state index is -3.41. The van der Waals surface area contributed by atoms with Crippen LogP contribution in [-0.4, -0.2) is 19.3 Å². The minimum Gasteiger partial charge on any atom is -0.207 e. The Morgan fingerprint density at radius 2 is 1.68 bits per heavy atom. The van der Waals surface area contributed by atoms with E-state index in [4.69, 9.17) is 11.6 Å². The van der Waals surface area contributed by atoms with E-state index >= 15 is 0 Å². The molecule has 3 nitrogen and oxygen atoms in total. The Kier molecular flexibility index (Phi) is 4.34. The third-order valence-electron chi connectivity index (χ3n) is 3.76. The first-order valence-corrected chi connectivity index (χ1v) is 8.93. The highest BCUT2D eigenvalue weighted by Gasteiger charge is 2.24. The molecule has 22 heavy (non-hydrogen) atoms. The molecule has 0 saturated heterocycles. The van der Waals surface area contributed by atoms with E-state index < -0.39 is 10.0 Å². The van der Waals surface area contributed by atoms with Gasteiger partial charge in [0.15, 0.2) is 0 Å². The topological polar surface area (TPSA) is 37.4 Å². The van der Waals surface area contributed by atoms with Crippen LogP contribution in [-0.2, 0) is 23.0 Å². The number of benzene rings is 2. The predicted octanol–water partition coefficient (Wildman–Crippen LogP) is 3.70. The summed E-state index contributed by atoms with van der Waals surface area (Å²) in [5.74, 6) is 0. The Balaban J connectivity index is 1.78. The summed E-state index contributed by atoms with van der Waals surface area (Å²) >= 11 is 5.82. The number of nitrogens with zero attached hydrogens (tertiary/aromatic N) is 1. The van der Waals surface area contributed by atoms with E-state index in [1.54, 1.807) is 30.3 Å². The van der Waals surface area contributed by atoms with Crippen molar-refractivity contribution in [3.05, 3.63) is 75.7 Å². The average Bonchev–Trinajstić information content (AvgIpc) is 2.54. The van der Waals surface area contributed by atoms with Gasteiger partial charge in [0.25, 0.3) is 0 Å². The Morgan fingerprint density at radius 3 is 2.41 bits per heavy atom. The van der Waals surface area contributed by atoms with Crippen LogP contribution in [0.2, 0.25) is 5.02 Å². The van der Waals surface area contributed by atoms with Gasteiger partial charge in [-0.15, -0.1) is 0 Å². The smallest absolute Gasteiger partial charge is 0.207 e. The quantitative estimate of drug-likeness (QED) is 0.859. The Bertz CT molecular complexity index is 798. The van der Waals surface area contributed by atoms with Crippen LogP contribution in [0.15, 0.2) is 53.9 Å². The number of hydrogen-bond donors (Lipinski definition) is 0. The van der Waals surface area contributed by atoms with Gasteiger partial charge in [0, 0.05) is 23.5 Å². The van der Waals surface area contributed by atoms with Crippen LogP contribution in [0.5, 0.6) is 0 Å². The molecule has 0 fully saturated rings. The molecule has 0 aliphatic carbocycles. The zero-order valence-corrected chi connectivity index (χ0v) is 13.5. The SMILES string of the molecule is O=S(=O)(/C=C/c1ccc(Cl)cc1)N1CCc2ccccc2C1. The van der Waals surface area contributed by atoms with E-state index in [9.17, 15) is 8.42 Å². The molecule has 0 radical (unpaired) electrons. The number of fused-ring (bicyclic) bond motifs is 1. The van der Waals surface area contributed by atoms with Gasteiger partial charge in [-0.25, -0.2) is 8.42 Å². The van der Waals surface area contributed by atoms with E-state index in [0.29, 0.717) is 18.1 Å². The van der Waals surface area contributed by atoms with E-state index in [-0.39, 0.29) is 0 Å². The lowest BCUT2D eigenvalue weighted by Crippen LogP contribution is -2.34. The average molecular weight is 334 g/mol. The normalized spacial score (nSPS) is 15.9. The Hall–Kier alpha value is -1.62. The molecule has 0 atom stereocenters. The molecule has 2 aromatic rings. The lowest BCUT2D eigenvalue weighted by atomic mass is 10.0. The van der Waals surface area contributed by atoms with Crippen molar-refractivity contribution in [2.24, 2.45) is 0 Å². The number of halogens is 1. The largest absolute Gasteiger partial charge is 0.236 e. The second kappa shape index (κ2) is 6.24. The van der Waals surface area contributed by atoms with Crippen molar-refractivity contribution in [2.75, 3.05) is 6.54 Å². The molecule has 114 valence electrons. The van der Waals surface area contributed by atoms with E-state index in [2.05, 4.69) is 6.07 Å². The van der Waals surface area contributed by atoms with Crippen LogP contribution in [0.3, 0.4) is 0 Å². The second-order valence-corrected chi connectivity index (χ2v) is 7.51. The van der Waals surface area contributed by atoms with Crippen LogP contribution in [0, 0.1) is 0 Å². The number of sulfonamides is 1. The first-order chi connectivity index (χ1) is 10.5. The summed E-state index contributed by atoms with van der Waals surface area (Å²) in [6.07, 6.45) is 2.36. The van der Waals surface area contributed by atoms with Crippen LogP contribution in [0.25, 0.3) is 6.08 Å². The Labute approximate surface area is 135 Å². The van der Waals surface area contributed by atoms with Gasteiger partial charge in [-0.3, -0.25) is 0 Å². The van der Waals surface area contributed by atoms with Crippen molar-refractivity contribution in [2.45, 2.75) is 13.0 Å². The summed E-state index contributed by atoms with van der Waals surface area (Å²) in [6, 6.07) is 15.0. The lowest BCUT2D eigenvalue weighted by molar-refractivity contribution is 0.397. The summed E-state index contributed by atoms with van der Waals surface area (Å²) in [5.41, 5.74) is 3.12. The second-order valence-electron chi connectivity index (χ2n) is 5.25.